The lowest BCUT2D eigenvalue weighted by Gasteiger charge is -2.58. The summed E-state index contributed by atoms with van der Waals surface area (Å²) >= 11 is 0. The molecule has 0 unspecified atom stereocenters. The topological polar surface area (TPSA) is 32.8 Å². The molecule has 6 fully saturated rings. The van der Waals surface area contributed by atoms with Crippen LogP contribution in [0.5, 0.6) is 5.75 Å². The largest absolute Gasteiger partial charge is 0.489 e. The van der Waals surface area contributed by atoms with E-state index in [9.17, 15) is 4.79 Å². The van der Waals surface area contributed by atoms with Crippen LogP contribution >= 0.6 is 0 Å². The molecule has 6 aliphatic rings. The molecule has 31 heavy (non-hydrogen) atoms. The number of piperidine rings is 2. The Balaban J connectivity index is 1.08. The first-order valence-corrected chi connectivity index (χ1v) is 13.0. The highest BCUT2D eigenvalue weighted by atomic mass is 16.5. The maximum absolute atomic E-state index is 13.1. The second kappa shape index (κ2) is 8.42. The van der Waals surface area contributed by atoms with E-state index in [0.29, 0.717) is 0 Å². The standard InChI is InChI=1S/C27H38N2O2/c30-27(29-10-4-1-5-11-29)24-6-2-3-7-25(24)31-23-8-12-28(13-9-23)26-21-15-19-14-20(17-21)18-22(26)16-19/h2-3,6-7,19-23,26H,1,4-5,8-18H2. The number of hydrogen-bond donors (Lipinski definition) is 0. The smallest absolute Gasteiger partial charge is 0.257 e. The van der Waals surface area contributed by atoms with E-state index >= 15 is 0 Å². The van der Waals surface area contributed by atoms with Crippen molar-refractivity contribution in [3.05, 3.63) is 29.8 Å². The zero-order valence-electron chi connectivity index (χ0n) is 18.9. The molecule has 168 valence electrons. The molecule has 4 heteroatoms. The minimum absolute atomic E-state index is 0.154. The van der Waals surface area contributed by atoms with Crippen molar-refractivity contribution < 1.29 is 9.53 Å². The van der Waals surface area contributed by atoms with Gasteiger partial charge in [0.2, 0.25) is 0 Å². The van der Waals surface area contributed by atoms with Crippen LogP contribution in [0.25, 0.3) is 0 Å². The molecule has 4 aliphatic carbocycles. The van der Waals surface area contributed by atoms with E-state index < -0.39 is 0 Å². The van der Waals surface area contributed by atoms with Gasteiger partial charge in [-0.2, -0.15) is 0 Å². The van der Waals surface area contributed by atoms with E-state index in [4.69, 9.17) is 4.74 Å². The highest BCUT2D eigenvalue weighted by molar-refractivity contribution is 5.97. The van der Waals surface area contributed by atoms with Gasteiger partial charge in [0.25, 0.3) is 5.91 Å². The van der Waals surface area contributed by atoms with Crippen molar-refractivity contribution in [3.8, 4) is 5.75 Å². The van der Waals surface area contributed by atoms with E-state index in [1.165, 1.54) is 51.6 Å². The fourth-order valence-electron chi connectivity index (χ4n) is 7.98. The number of nitrogens with zero attached hydrogens (tertiary/aromatic N) is 2. The van der Waals surface area contributed by atoms with Crippen LogP contribution in [0, 0.1) is 23.7 Å². The third-order valence-electron chi connectivity index (χ3n) is 9.13. The Hall–Kier alpha value is -1.55. The van der Waals surface area contributed by atoms with Crippen molar-refractivity contribution in [1.82, 2.24) is 9.80 Å². The third kappa shape index (κ3) is 3.90. The van der Waals surface area contributed by atoms with E-state index in [0.717, 1.165) is 79.8 Å². The van der Waals surface area contributed by atoms with Gasteiger partial charge in [0.05, 0.1) is 5.56 Å². The van der Waals surface area contributed by atoms with E-state index in [1.807, 2.05) is 29.2 Å². The maximum Gasteiger partial charge on any atom is 0.257 e. The third-order valence-corrected chi connectivity index (χ3v) is 9.13. The van der Waals surface area contributed by atoms with Crippen molar-refractivity contribution in [1.29, 1.82) is 0 Å². The Morgan fingerprint density at radius 2 is 1.45 bits per heavy atom. The van der Waals surface area contributed by atoms with Crippen molar-refractivity contribution in [2.75, 3.05) is 26.2 Å². The van der Waals surface area contributed by atoms with Crippen molar-refractivity contribution in [2.45, 2.75) is 76.4 Å². The molecule has 0 radical (unpaired) electrons. The van der Waals surface area contributed by atoms with Gasteiger partial charge in [0, 0.05) is 32.2 Å². The van der Waals surface area contributed by atoms with E-state index in [-0.39, 0.29) is 12.0 Å². The summed E-state index contributed by atoms with van der Waals surface area (Å²) < 4.78 is 6.48. The van der Waals surface area contributed by atoms with Crippen LogP contribution in [-0.2, 0) is 0 Å². The van der Waals surface area contributed by atoms with Crippen LogP contribution in [-0.4, -0.2) is 54.0 Å². The van der Waals surface area contributed by atoms with Gasteiger partial charge in [-0.15, -0.1) is 0 Å². The normalized spacial score (nSPS) is 36.0. The summed E-state index contributed by atoms with van der Waals surface area (Å²) in [4.78, 5) is 17.9. The highest BCUT2D eigenvalue weighted by Gasteiger charge is 2.50. The molecule has 2 saturated heterocycles. The van der Waals surface area contributed by atoms with Gasteiger partial charge < -0.3 is 9.64 Å². The van der Waals surface area contributed by atoms with Crippen molar-refractivity contribution in [3.63, 3.8) is 0 Å². The predicted octanol–water partition coefficient (Wildman–Crippen LogP) is 4.98. The second-order valence-corrected chi connectivity index (χ2v) is 11.1. The summed E-state index contributed by atoms with van der Waals surface area (Å²) in [6.07, 6.45) is 13.4. The van der Waals surface area contributed by atoms with Crippen molar-refractivity contribution >= 4 is 5.91 Å². The predicted molar refractivity (Wildman–Crippen MR) is 122 cm³/mol. The molecular weight excluding hydrogens is 384 g/mol. The average Bonchev–Trinajstić information content (AvgIpc) is 2.80. The number of ether oxygens (including phenoxy) is 1. The molecule has 4 bridgehead atoms. The first-order chi connectivity index (χ1) is 15.2. The van der Waals surface area contributed by atoms with Crippen molar-refractivity contribution in [2.24, 2.45) is 23.7 Å². The lowest BCUT2D eigenvalue weighted by molar-refractivity contribution is -0.0773. The van der Waals surface area contributed by atoms with Gasteiger partial charge in [0.15, 0.2) is 0 Å². The zero-order valence-corrected chi connectivity index (χ0v) is 18.9. The molecule has 0 spiro atoms. The molecule has 0 atom stereocenters. The van der Waals surface area contributed by atoms with Crippen LogP contribution < -0.4 is 4.74 Å². The summed E-state index contributed by atoms with van der Waals surface area (Å²) in [6, 6.07) is 8.78. The Morgan fingerprint density at radius 3 is 2.13 bits per heavy atom. The Morgan fingerprint density at radius 1 is 0.806 bits per heavy atom. The van der Waals surface area contributed by atoms with E-state index in [2.05, 4.69) is 4.90 Å². The van der Waals surface area contributed by atoms with Gasteiger partial charge in [-0.05, 0) is 100 Å². The molecule has 2 aliphatic heterocycles. The molecule has 0 aromatic heterocycles. The fraction of sp³-hybridized carbons (Fsp3) is 0.741. The molecule has 4 nitrogen and oxygen atoms in total. The summed E-state index contributed by atoms with van der Waals surface area (Å²) in [5, 5.41) is 0. The zero-order chi connectivity index (χ0) is 20.8. The van der Waals surface area contributed by atoms with Gasteiger partial charge >= 0.3 is 0 Å². The lowest BCUT2D eigenvalue weighted by atomic mass is 9.53. The average molecular weight is 423 g/mol. The van der Waals surface area contributed by atoms with Gasteiger partial charge in [-0.3, -0.25) is 9.69 Å². The molecule has 7 rings (SSSR count). The number of carbonyl (C=O) groups is 1. The summed E-state index contributed by atoms with van der Waals surface area (Å²) in [5.41, 5.74) is 0.757. The van der Waals surface area contributed by atoms with E-state index in [1.54, 1.807) is 0 Å². The summed E-state index contributed by atoms with van der Waals surface area (Å²) in [6.45, 7) is 4.10. The van der Waals surface area contributed by atoms with Crippen LogP contribution in [0.15, 0.2) is 24.3 Å². The van der Waals surface area contributed by atoms with Crippen LogP contribution in [0.4, 0.5) is 0 Å². The minimum Gasteiger partial charge on any atom is -0.489 e. The molecular formula is C27H38N2O2. The molecule has 1 amide bonds. The number of likely N-dealkylation sites (tertiary alicyclic amines) is 2. The molecule has 1 aromatic rings. The lowest BCUT2D eigenvalue weighted by Crippen LogP contribution is -2.58. The first kappa shape index (κ1) is 20.1. The second-order valence-electron chi connectivity index (χ2n) is 11.1. The molecule has 0 N–H and O–H groups in total. The van der Waals surface area contributed by atoms with Gasteiger partial charge in [0.1, 0.15) is 11.9 Å². The quantitative estimate of drug-likeness (QED) is 0.686. The number of carbonyl (C=O) groups excluding carboxylic acids is 1. The van der Waals surface area contributed by atoms with Gasteiger partial charge in [-0.25, -0.2) is 0 Å². The fourth-order valence-corrected chi connectivity index (χ4v) is 7.98. The Kier molecular flexibility index (Phi) is 5.46. The molecule has 2 heterocycles. The first-order valence-electron chi connectivity index (χ1n) is 13.0. The summed E-state index contributed by atoms with van der Waals surface area (Å²) in [7, 11) is 0. The Labute approximate surface area is 187 Å². The highest BCUT2D eigenvalue weighted by Crippen LogP contribution is 2.55. The van der Waals surface area contributed by atoms with Crippen LogP contribution in [0.2, 0.25) is 0 Å². The van der Waals surface area contributed by atoms with Gasteiger partial charge in [-0.1, -0.05) is 12.1 Å². The number of amides is 1. The summed E-state index contributed by atoms with van der Waals surface area (Å²) in [5.74, 6) is 4.99. The minimum atomic E-state index is 0.154. The Bertz CT molecular complexity index is 766. The monoisotopic (exact) mass is 422 g/mol. The number of para-hydroxylation sites is 1. The number of rotatable bonds is 4. The SMILES string of the molecule is O=C(c1ccccc1OC1CCN(C2C3CC4CC(C3)CC2C4)CC1)N1CCCCC1. The maximum atomic E-state index is 13.1. The molecule has 1 aromatic carbocycles. The van der Waals surface area contributed by atoms with Crippen LogP contribution in [0.3, 0.4) is 0 Å². The van der Waals surface area contributed by atoms with Crippen LogP contribution in [0.1, 0.15) is 74.6 Å². The molecule has 4 saturated carbocycles. The number of hydrogen-bond acceptors (Lipinski definition) is 3. The number of benzene rings is 1.